The predicted molar refractivity (Wildman–Crippen MR) is 175 cm³/mol. The number of hydrogen-bond acceptors (Lipinski definition) is 10. The number of fused-ring (bicyclic) bond motifs is 1. The highest BCUT2D eigenvalue weighted by atomic mass is 16.6. The first-order chi connectivity index (χ1) is 22.9. The number of carbonyl (C=O) groups is 5. The Labute approximate surface area is 279 Å². The third-order valence-corrected chi connectivity index (χ3v) is 7.28. The van der Waals surface area contributed by atoms with Crippen molar-refractivity contribution in [2.45, 2.75) is 58.8 Å². The van der Waals surface area contributed by atoms with Crippen LogP contribution in [-0.2, 0) is 35.2 Å². The number of esters is 2. The van der Waals surface area contributed by atoms with E-state index >= 15 is 0 Å². The highest BCUT2D eigenvalue weighted by molar-refractivity contribution is 5.99. The average molecular weight is 663 g/mol. The third kappa shape index (κ3) is 10.4. The van der Waals surface area contributed by atoms with E-state index in [1.165, 1.54) is 11.0 Å². The Morgan fingerprint density at radius 1 is 0.875 bits per heavy atom. The van der Waals surface area contributed by atoms with Gasteiger partial charge < -0.3 is 34.1 Å². The van der Waals surface area contributed by atoms with Crippen LogP contribution in [-0.4, -0.2) is 95.7 Å². The van der Waals surface area contributed by atoms with Crippen LogP contribution in [0.1, 0.15) is 56.6 Å². The minimum atomic E-state index is -1.09. The molecule has 2 aromatic carbocycles. The summed E-state index contributed by atoms with van der Waals surface area (Å²) in [5.41, 5.74) is 0.492. The van der Waals surface area contributed by atoms with Crippen molar-refractivity contribution in [3.8, 4) is 5.75 Å². The van der Waals surface area contributed by atoms with E-state index < -0.39 is 48.1 Å². The first kappa shape index (κ1) is 35.7. The lowest BCUT2D eigenvalue weighted by atomic mass is 10.1. The number of nitrogens with zero attached hydrogens (tertiary/aromatic N) is 3. The Hall–Kier alpha value is -5.20. The number of benzene rings is 2. The zero-order valence-electron chi connectivity index (χ0n) is 27.7. The fraction of sp³-hybridized carbons (Fsp3) is 0.429. The van der Waals surface area contributed by atoms with Crippen molar-refractivity contribution >= 4 is 40.7 Å². The first-order valence-electron chi connectivity index (χ1n) is 15.9. The molecular weight excluding hydrogens is 620 g/mol. The van der Waals surface area contributed by atoms with Crippen LogP contribution in [0.3, 0.4) is 0 Å². The smallest absolute Gasteiger partial charge is 0.409 e. The Bertz CT molecular complexity index is 1600. The molecular formula is C35H42N4O9. The largest absolute Gasteiger partial charge is 0.481 e. The van der Waals surface area contributed by atoms with Gasteiger partial charge >= 0.3 is 18.0 Å². The predicted octanol–water partition coefficient (Wildman–Crippen LogP) is 3.88. The molecule has 13 nitrogen and oxygen atoms in total. The van der Waals surface area contributed by atoms with E-state index in [9.17, 15) is 24.0 Å². The van der Waals surface area contributed by atoms with Gasteiger partial charge in [-0.1, -0.05) is 42.5 Å². The molecule has 3 amide bonds. The zero-order valence-corrected chi connectivity index (χ0v) is 27.7. The molecule has 4 rings (SSSR count). The molecule has 1 N–H and O–H groups in total. The molecule has 0 spiro atoms. The van der Waals surface area contributed by atoms with E-state index in [2.05, 4.69) is 10.3 Å². The van der Waals surface area contributed by atoms with E-state index in [1.54, 1.807) is 56.9 Å². The summed E-state index contributed by atoms with van der Waals surface area (Å²) in [7, 11) is 0. The molecule has 2 heterocycles. The van der Waals surface area contributed by atoms with Crippen molar-refractivity contribution in [2.24, 2.45) is 0 Å². The van der Waals surface area contributed by atoms with E-state index in [0.717, 1.165) is 5.56 Å². The van der Waals surface area contributed by atoms with Crippen molar-refractivity contribution in [1.29, 1.82) is 0 Å². The summed E-state index contributed by atoms with van der Waals surface area (Å²) in [5.74, 6) is -1.96. The number of rotatable bonds is 12. The van der Waals surface area contributed by atoms with Crippen LogP contribution in [0.4, 0.5) is 4.79 Å². The number of aromatic nitrogens is 1. The van der Waals surface area contributed by atoms with E-state index in [4.69, 9.17) is 18.9 Å². The normalized spacial score (nSPS) is 13.8. The van der Waals surface area contributed by atoms with Crippen molar-refractivity contribution in [2.75, 3.05) is 39.4 Å². The number of hydrogen-bond donors (Lipinski definition) is 1. The van der Waals surface area contributed by atoms with Gasteiger partial charge in [-0.05, 0) is 51.8 Å². The van der Waals surface area contributed by atoms with E-state index in [0.29, 0.717) is 10.9 Å². The summed E-state index contributed by atoms with van der Waals surface area (Å²) >= 11 is 0. The molecule has 3 aromatic rings. The zero-order chi connectivity index (χ0) is 34.7. The summed E-state index contributed by atoms with van der Waals surface area (Å²) in [6.07, 6.45) is -0.604. The van der Waals surface area contributed by atoms with Crippen LogP contribution in [0.15, 0.2) is 60.7 Å². The van der Waals surface area contributed by atoms with Gasteiger partial charge in [-0.25, -0.2) is 14.6 Å². The second kappa shape index (κ2) is 16.6. The molecule has 0 saturated carbocycles. The molecule has 0 aliphatic carbocycles. The number of carbonyl (C=O) groups excluding carboxylic acids is 5. The van der Waals surface area contributed by atoms with Crippen LogP contribution in [0.5, 0.6) is 5.75 Å². The highest BCUT2D eigenvalue weighted by Crippen LogP contribution is 2.26. The van der Waals surface area contributed by atoms with Crippen LogP contribution in [0, 0.1) is 0 Å². The van der Waals surface area contributed by atoms with Crippen molar-refractivity contribution in [3.05, 3.63) is 71.9 Å². The molecule has 1 atom stereocenters. The lowest BCUT2D eigenvalue weighted by molar-refractivity contribution is -0.155. The number of pyridine rings is 1. The van der Waals surface area contributed by atoms with Crippen LogP contribution < -0.4 is 10.1 Å². The molecule has 1 unspecified atom stereocenters. The number of amides is 3. The van der Waals surface area contributed by atoms with Crippen molar-refractivity contribution < 1.29 is 42.9 Å². The Kier molecular flexibility index (Phi) is 12.3. The first-order valence-corrected chi connectivity index (χ1v) is 15.9. The number of para-hydroxylation sites is 1. The summed E-state index contributed by atoms with van der Waals surface area (Å²) in [5, 5.41) is 3.32. The van der Waals surface area contributed by atoms with Crippen molar-refractivity contribution in [1.82, 2.24) is 20.1 Å². The lowest BCUT2D eigenvalue weighted by Gasteiger charge is -2.36. The fourth-order valence-corrected chi connectivity index (χ4v) is 4.98. The van der Waals surface area contributed by atoms with E-state index in [-0.39, 0.29) is 63.7 Å². The second-order valence-corrected chi connectivity index (χ2v) is 12.1. The minimum absolute atomic E-state index is 0.0260. The summed E-state index contributed by atoms with van der Waals surface area (Å²) in [4.78, 5) is 72.1. The highest BCUT2D eigenvalue weighted by Gasteiger charge is 2.32. The molecule has 1 fully saturated rings. The summed E-state index contributed by atoms with van der Waals surface area (Å²) < 4.78 is 21.6. The van der Waals surface area contributed by atoms with Crippen LogP contribution in [0.25, 0.3) is 10.9 Å². The van der Waals surface area contributed by atoms with Gasteiger partial charge in [-0.15, -0.1) is 0 Å². The molecule has 1 aliphatic rings. The van der Waals surface area contributed by atoms with Crippen LogP contribution >= 0.6 is 0 Å². The topological polar surface area (TPSA) is 154 Å². The standard InChI is InChI=1S/C35H42N4O9/c1-5-45-34(44)39-19-17-38(18-20-39)33(43)27(15-16-30(40)48-35(2,3)4)37-32(42)28-21-29(25-13-9-10-14-26(25)36-28)46-23-31(41)47-22-24-11-7-6-8-12-24/h6-14,21,27H,5,15-20,22-23H2,1-4H3,(H,37,42). The Balaban J connectivity index is 1.48. The average Bonchev–Trinajstić information content (AvgIpc) is 3.07. The van der Waals surface area contributed by atoms with Crippen LogP contribution in [0.2, 0.25) is 0 Å². The lowest BCUT2D eigenvalue weighted by Crippen LogP contribution is -2.56. The van der Waals surface area contributed by atoms with Gasteiger partial charge in [0.1, 0.15) is 29.7 Å². The minimum Gasteiger partial charge on any atom is -0.481 e. The fourth-order valence-electron chi connectivity index (χ4n) is 4.98. The maximum absolute atomic E-state index is 13.7. The monoisotopic (exact) mass is 662 g/mol. The quantitative estimate of drug-likeness (QED) is 0.223. The molecule has 1 aromatic heterocycles. The summed E-state index contributed by atoms with van der Waals surface area (Å²) in [6, 6.07) is 16.5. The molecule has 13 heteroatoms. The summed E-state index contributed by atoms with van der Waals surface area (Å²) in [6.45, 7) is 7.84. The van der Waals surface area contributed by atoms with Gasteiger partial charge in [0.05, 0.1) is 12.1 Å². The number of ether oxygens (including phenoxy) is 4. The van der Waals surface area contributed by atoms with Gasteiger partial charge in [0, 0.05) is 44.1 Å². The van der Waals surface area contributed by atoms with Gasteiger partial charge in [0.25, 0.3) is 5.91 Å². The van der Waals surface area contributed by atoms with E-state index in [1.807, 2.05) is 30.3 Å². The second-order valence-electron chi connectivity index (χ2n) is 12.1. The molecule has 0 bridgehead atoms. The number of piperazine rings is 1. The maximum Gasteiger partial charge on any atom is 0.409 e. The Morgan fingerprint density at radius 2 is 1.54 bits per heavy atom. The molecule has 0 radical (unpaired) electrons. The molecule has 1 saturated heterocycles. The van der Waals surface area contributed by atoms with Gasteiger partial charge in [-0.3, -0.25) is 14.4 Å². The molecule has 256 valence electrons. The maximum atomic E-state index is 13.7. The molecule has 1 aliphatic heterocycles. The third-order valence-electron chi connectivity index (χ3n) is 7.28. The number of nitrogens with one attached hydrogen (secondary N) is 1. The van der Waals surface area contributed by atoms with Gasteiger partial charge in [0.2, 0.25) is 5.91 Å². The Morgan fingerprint density at radius 3 is 2.23 bits per heavy atom. The van der Waals surface area contributed by atoms with Gasteiger partial charge in [0.15, 0.2) is 6.61 Å². The van der Waals surface area contributed by atoms with Gasteiger partial charge in [-0.2, -0.15) is 0 Å². The molecule has 48 heavy (non-hydrogen) atoms. The SMILES string of the molecule is CCOC(=O)N1CCN(C(=O)C(CCC(=O)OC(C)(C)C)NC(=O)c2cc(OCC(=O)OCc3ccccc3)c3ccccc3n2)CC1. The van der Waals surface area contributed by atoms with Crippen molar-refractivity contribution in [3.63, 3.8) is 0 Å².